The Morgan fingerprint density at radius 2 is 2.21 bits per heavy atom. The summed E-state index contributed by atoms with van der Waals surface area (Å²) in [6.45, 7) is 6.32. The summed E-state index contributed by atoms with van der Waals surface area (Å²) < 4.78 is 14.9. The van der Waals surface area contributed by atoms with Crippen molar-refractivity contribution in [3.8, 4) is 0 Å². The van der Waals surface area contributed by atoms with Crippen LogP contribution in [0.15, 0.2) is 24.5 Å². The highest BCUT2D eigenvalue weighted by atomic mass is 19.1. The monoisotopic (exact) mass is 262 g/mol. The molecule has 0 saturated heterocycles. The molecular weight excluding hydrogens is 243 g/mol. The molecule has 0 aliphatic heterocycles. The molecule has 1 N–H and O–H groups in total. The highest BCUT2D eigenvalue weighted by Crippen LogP contribution is 2.12. The second kappa shape index (κ2) is 6.43. The van der Waals surface area contributed by atoms with Gasteiger partial charge in [0.2, 0.25) is 0 Å². The van der Waals surface area contributed by atoms with Crippen LogP contribution in [0, 0.1) is 12.7 Å². The molecule has 0 aliphatic carbocycles. The van der Waals surface area contributed by atoms with Gasteiger partial charge in [-0.25, -0.2) is 14.1 Å². The molecule has 2 aromatic rings. The number of nitrogens with zero attached hydrogens (tertiary/aromatic N) is 3. The first-order valence-electron chi connectivity index (χ1n) is 6.53. The molecule has 0 atom stereocenters. The normalized spacial score (nSPS) is 10.9. The maximum atomic E-state index is 13.1. The second-order valence-electron chi connectivity index (χ2n) is 4.58. The van der Waals surface area contributed by atoms with E-state index in [1.807, 2.05) is 11.6 Å². The van der Waals surface area contributed by atoms with E-state index in [9.17, 15) is 4.39 Å². The van der Waals surface area contributed by atoms with Gasteiger partial charge in [0.05, 0.1) is 13.1 Å². The van der Waals surface area contributed by atoms with Gasteiger partial charge in [-0.1, -0.05) is 13.0 Å². The number of hydrogen-bond acceptors (Lipinski definition) is 3. The lowest BCUT2D eigenvalue weighted by atomic mass is 10.1. The standard InChI is InChI=1S/C14H19FN4/c1-3-6-16-8-14-17-10-18-19(14)9-12-4-5-13(15)7-11(12)2/h4-5,7,10,16H,3,6,8-9H2,1-2H3. The zero-order chi connectivity index (χ0) is 13.7. The first-order valence-corrected chi connectivity index (χ1v) is 6.53. The van der Waals surface area contributed by atoms with Crippen LogP contribution in [-0.2, 0) is 13.1 Å². The van der Waals surface area contributed by atoms with Gasteiger partial charge >= 0.3 is 0 Å². The molecule has 0 aliphatic rings. The van der Waals surface area contributed by atoms with Gasteiger partial charge in [0, 0.05) is 0 Å². The van der Waals surface area contributed by atoms with Gasteiger partial charge in [-0.2, -0.15) is 5.10 Å². The van der Waals surface area contributed by atoms with E-state index in [2.05, 4.69) is 22.3 Å². The molecule has 0 bridgehead atoms. The van der Waals surface area contributed by atoms with Crippen molar-refractivity contribution in [2.75, 3.05) is 6.54 Å². The van der Waals surface area contributed by atoms with Crippen LogP contribution in [0.25, 0.3) is 0 Å². The Bertz CT molecular complexity index is 536. The van der Waals surface area contributed by atoms with Crippen LogP contribution in [0.3, 0.4) is 0 Å². The molecule has 1 aromatic carbocycles. The second-order valence-corrected chi connectivity index (χ2v) is 4.58. The number of halogens is 1. The predicted octanol–water partition coefficient (Wildman–Crippen LogP) is 2.27. The fourth-order valence-electron chi connectivity index (χ4n) is 1.93. The summed E-state index contributed by atoms with van der Waals surface area (Å²) in [6.07, 6.45) is 2.65. The third kappa shape index (κ3) is 3.61. The van der Waals surface area contributed by atoms with Crippen molar-refractivity contribution in [3.05, 3.63) is 47.3 Å². The SMILES string of the molecule is CCCNCc1ncnn1Cc1ccc(F)cc1C. The Labute approximate surface area is 112 Å². The molecule has 1 aromatic heterocycles. The van der Waals surface area contributed by atoms with Crippen molar-refractivity contribution in [3.63, 3.8) is 0 Å². The molecule has 102 valence electrons. The molecule has 5 heteroatoms. The quantitative estimate of drug-likeness (QED) is 0.812. The summed E-state index contributed by atoms with van der Waals surface area (Å²) in [6, 6.07) is 4.82. The van der Waals surface area contributed by atoms with Gasteiger partial charge in [-0.3, -0.25) is 0 Å². The molecular formula is C14H19FN4. The zero-order valence-corrected chi connectivity index (χ0v) is 11.4. The van der Waals surface area contributed by atoms with E-state index in [0.29, 0.717) is 13.1 Å². The van der Waals surface area contributed by atoms with E-state index in [1.165, 1.54) is 6.07 Å². The van der Waals surface area contributed by atoms with E-state index >= 15 is 0 Å². The average molecular weight is 262 g/mol. The Balaban J connectivity index is 2.08. The smallest absolute Gasteiger partial charge is 0.141 e. The Morgan fingerprint density at radius 3 is 2.95 bits per heavy atom. The third-order valence-corrected chi connectivity index (χ3v) is 3.03. The lowest BCUT2D eigenvalue weighted by Crippen LogP contribution is -2.18. The number of rotatable bonds is 6. The molecule has 1 heterocycles. The molecule has 2 rings (SSSR count). The molecule has 0 saturated carbocycles. The lowest BCUT2D eigenvalue weighted by molar-refractivity contribution is 0.580. The number of aromatic nitrogens is 3. The fraction of sp³-hybridized carbons (Fsp3) is 0.429. The van der Waals surface area contributed by atoms with Crippen molar-refractivity contribution >= 4 is 0 Å². The third-order valence-electron chi connectivity index (χ3n) is 3.03. The van der Waals surface area contributed by atoms with E-state index in [1.54, 1.807) is 18.5 Å². The van der Waals surface area contributed by atoms with Crippen LogP contribution in [0.5, 0.6) is 0 Å². The minimum absolute atomic E-state index is 0.204. The van der Waals surface area contributed by atoms with Gasteiger partial charge in [0.15, 0.2) is 0 Å². The molecule has 0 spiro atoms. The van der Waals surface area contributed by atoms with Gasteiger partial charge in [0.1, 0.15) is 18.0 Å². The van der Waals surface area contributed by atoms with Crippen molar-refractivity contribution in [2.45, 2.75) is 33.4 Å². The van der Waals surface area contributed by atoms with Crippen LogP contribution in [-0.4, -0.2) is 21.3 Å². The van der Waals surface area contributed by atoms with E-state index < -0.39 is 0 Å². The Morgan fingerprint density at radius 1 is 1.37 bits per heavy atom. The van der Waals surface area contributed by atoms with Crippen LogP contribution in [0.1, 0.15) is 30.3 Å². The van der Waals surface area contributed by atoms with Gasteiger partial charge in [-0.05, 0) is 43.1 Å². The minimum atomic E-state index is -0.204. The largest absolute Gasteiger partial charge is 0.310 e. The zero-order valence-electron chi connectivity index (χ0n) is 11.4. The van der Waals surface area contributed by atoms with Crippen molar-refractivity contribution in [2.24, 2.45) is 0 Å². The summed E-state index contributed by atoms with van der Waals surface area (Å²) in [7, 11) is 0. The number of benzene rings is 1. The Kier molecular flexibility index (Phi) is 4.63. The molecule has 0 radical (unpaired) electrons. The van der Waals surface area contributed by atoms with Crippen molar-refractivity contribution in [1.29, 1.82) is 0 Å². The lowest BCUT2D eigenvalue weighted by Gasteiger charge is -2.09. The highest BCUT2D eigenvalue weighted by molar-refractivity contribution is 5.26. The first kappa shape index (κ1) is 13.7. The Hall–Kier alpha value is -1.75. The summed E-state index contributed by atoms with van der Waals surface area (Å²) >= 11 is 0. The maximum Gasteiger partial charge on any atom is 0.141 e. The van der Waals surface area contributed by atoms with Crippen LogP contribution < -0.4 is 5.32 Å². The highest BCUT2D eigenvalue weighted by Gasteiger charge is 2.07. The first-order chi connectivity index (χ1) is 9.20. The molecule has 4 nitrogen and oxygen atoms in total. The summed E-state index contributed by atoms with van der Waals surface area (Å²) in [5, 5.41) is 7.53. The van der Waals surface area contributed by atoms with Gasteiger partial charge in [-0.15, -0.1) is 0 Å². The topological polar surface area (TPSA) is 42.7 Å². The summed E-state index contributed by atoms with van der Waals surface area (Å²) in [4.78, 5) is 4.25. The van der Waals surface area contributed by atoms with Gasteiger partial charge in [0.25, 0.3) is 0 Å². The molecule has 19 heavy (non-hydrogen) atoms. The number of nitrogens with one attached hydrogen (secondary N) is 1. The summed E-state index contributed by atoms with van der Waals surface area (Å²) in [5.74, 6) is 0.696. The van der Waals surface area contributed by atoms with E-state index in [-0.39, 0.29) is 5.82 Å². The summed E-state index contributed by atoms with van der Waals surface area (Å²) in [5.41, 5.74) is 1.99. The van der Waals surface area contributed by atoms with Crippen LogP contribution >= 0.6 is 0 Å². The number of aryl methyl sites for hydroxylation is 1. The average Bonchev–Trinajstić information content (AvgIpc) is 2.81. The van der Waals surface area contributed by atoms with Crippen LogP contribution in [0.2, 0.25) is 0 Å². The molecule has 0 amide bonds. The number of hydrogen-bond donors (Lipinski definition) is 1. The molecule has 0 unspecified atom stereocenters. The van der Waals surface area contributed by atoms with Gasteiger partial charge < -0.3 is 5.32 Å². The fourth-order valence-corrected chi connectivity index (χ4v) is 1.93. The van der Waals surface area contributed by atoms with E-state index in [4.69, 9.17) is 0 Å². The maximum absolute atomic E-state index is 13.1. The van der Waals surface area contributed by atoms with Crippen molar-refractivity contribution < 1.29 is 4.39 Å². The molecule has 0 fully saturated rings. The minimum Gasteiger partial charge on any atom is -0.310 e. The van der Waals surface area contributed by atoms with Crippen molar-refractivity contribution in [1.82, 2.24) is 20.1 Å². The predicted molar refractivity (Wildman–Crippen MR) is 72.3 cm³/mol. The van der Waals surface area contributed by atoms with E-state index in [0.717, 1.165) is 29.9 Å². The van der Waals surface area contributed by atoms with Crippen LogP contribution in [0.4, 0.5) is 4.39 Å².